The Kier molecular flexibility index (Phi) is 5.58. The zero-order valence-corrected chi connectivity index (χ0v) is 17.4. The van der Waals surface area contributed by atoms with E-state index in [0.717, 1.165) is 0 Å². The molecule has 2 aromatic carbocycles. The number of carboxylic acid groups (broad SMARTS) is 1. The van der Waals surface area contributed by atoms with Crippen LogP contribution in [0.5, 0.6) is 11.5 Å². The van der Waals surface area contributed by atoms with Gasteiger partial charge in [-0.1, -0.05) is 6.07 Å². The summed E-state index contributed by atoms with van der Waals surface area (Å²) in [5, 5.41) is 9.71. The van der Waals surface area contributed by atoms with Crippen molar-refractivity contribution in [1.82, 2.24) is 0 Å². The van der Waals surface area contributed by atoms with Gasteiger partial charge in [-0.15, -0.1) is 0 Å². The number of anilines is 1. The summed E-state index contributed by atoms with van der Waals surface area (Å²) >= 11 is 0. The van der Waals surface area contributed by atoms with E-state index in [9.17, 15) is 19.1 Å². The number of aromatic carboxylic acids is 1. The van der Waals surface area contributed by atoms with Crippen molar-refractivity contribution in [2.24, 2.45) is 0 Å². The predicted molar refractivity (Wildman–Crippen MR) is 111 cm³/mol. The fourth-order valence-electron chi connectivity index (χ4n) is 3.93. The number of rotatable bonds is 5. The Hall–Kier alpha value is -3.13. The van der Waals surface area contributed by atoms with Crippen molar-refractivity contribution in [1.29, 1.82) is 0 Å². The number of ether oxygens (including phenoxy) is 3. The number of nitrogens with zero attached hydrogens (tertiary/aromatic N) is 1. The normalized spacial score (nSPS) is 20.7. The second-order valence-electron chi connectivity index (χ2n) is 8.07. The summed E-state index contributed by atoms with van der Waals surface area (Å²) < 4.78 is 31.1. The highest BCUT2D eigenvalue weighted by molar-refractivity contribution is 6.09. The number of ketones is 1. The van der Waals surface area contributed by atoms with E-state index in [0.29, 0.717) is 43.3 Å². The summed E-state index contributed by atoms with van der Waals surface area (Å²) in [6, 6.07) is 7.77. The Morgan fingerprint density at radius 2 is 2.03 bits per heavy atom. The number of halogens is 1. The van der Waals surface area contributed by atoms with E-state index >= 15 is 0 Å². The molecule has 1 fully saturated rings. The van der Waals surface area contributed by atoms with Crippen LogP contribution in [0.15, 0.2) is 30.3 Å². The summed E-state index contributed by atoms with van der Waals surface area (Å²) in [7, 11) is 0. The van der Waals surface area contributed by atoms with Crippen LogP contribution >= 0.6 is 0 Å². The third kappa shape index (κ3) is 4.20. The van der Waals surface area contributed by atoms with Gasteiger partial charge < -0.3 is 24.2 Å². The molecule has 7 nitrogen and oxygen atoms in total. The number of carbonyl (C=O) groups is 2. The van der Waals surface area contributed by atoms with Crippen molar-refractivity contribution < 1.29 is 33.3 Å². The zero-order chi connectivity index (χ0) is 22.2. The van der Waals surface area contributed by atoms with Gasteiger partial charge in [-0.25, -0.2) is 9.18 Å². The van der Waals surface area contributed by atoms with Gasteiger partial charge in [-0.05, 0) is 32.0 Å². The van der Waals surface area contributed by atoms with Crippen LogP contribution in [-0.4, -0.2) is 55.4 Å². The first kappa shape index (κ1) is 21.1. The number of hydrogen-bond donors (Lipinski definition) is 1. The highest BCUT2D eigenvalue weighted by atomic mass is 19.1. The molecule has 0 radical (unpaired) electrons. The van der Waals surface area contributed by atoms with Gasteiger partial charge in [-0.2, -0.15) is 0 Å². The largest absolute Gasteiger partial charge is 0.489 e. The minimum atomic E-state index is -1.18. The Morgan fingerprint density at radius 1 is 1.29 bits per heavy atom. The standard InChI is InChI=1S/C23H24FNO6/c1-14-17(24)4-3-5-19(14)30-13-23(2)12-18(26)21-16(22(27)28)10-15(11-20(21)31-23)25-6-8-29-9-7-25/h3-5,10-11H,6-9,12-13H2,1-2H3,(H,27,28). The molecule has 2 aromatic rings. The molecule has 4 rings (SSSR count). The molecular formula is C23H24FNO6. The van der Waals surface area contributed by atoms with E-state index in [1.165, 1.54) is 12.1 Å². The molecule has 0 aromatic heterocycles. The Balaban J connectivity index is 1.64. The Labute approximate surface area is 179 Å². The first-order valence-electron chi connectivity index (χ1n) is 10.1. The van der Waals surface area contributed by atoms with Crippen molar-refractivity contribution in [2.75, 3.05) is 37.8 Å². The lowest BCUT2D eigenvalue weighted by molar-refractivity contribution is 0.0183. The maximum atomic E-state index is 13.8. The van der Waals surface area contributed by atoms with Gasteiger partial charge in [-0.3, -0.25) is 4.79 Å². The van der Waals surface area contributed by atoms with Crippen molar-refractivity contribution in [2.45, 2.75) is 25.9 Å². The summed E-state index contributed by atoms with van der Waals surface area (Å²) in [6.07, 6.45) is -0.0501. The molecule has 1 saturated heterocycles. The van der Waals surface area contributed by atoms with Crippen LogP contribution in [-0.2, 0) is 4.74 Å². The molecule has 31 heavy (non-hydrogen) atoms. The van der Waals surface area contributed by atoms with E-state index < -0.39 is 11.6 Å². The molecule has 0 aliphatic carbocycles. The number of hydrogen-bond acceptors (Lipinski definition) is 6. The number of Topliss-reactive ketones (excluding diaryl/α,β-unsaturated/α-hetero) is 1. The Bertz CT molecular complexity index is 1030. The van der Waals surface area contributed by atoms with E-state index in [-0.39, 0.29) is 41.5 Å². The number of carboxylic acids is 1. The maximum Gasteiger partial charge on any atom is 0.336 e. The average molecular weight is 429 g/mol. The molecule has 164 valence electrons. The van der Waals surface area contributed by atoms with Crippen molar-refractivity contribution in [3.8, 4) is 11.5 Å². The van der Waals surface area contributed by atoms with Gasteiger partial charge in [0.15, 0.2) is 5.78 Å². The van der Waals surface area contributed by atoms with Gasteiger partial charge in [0.05, 0.1) is 30.8 Å². The van der Waals surface area contributed by atoms with Crippen LogP contribution < -0.4 is 14.4 Å². The lowest BCUT2D eigenvalue weighted by atomic mass is 9.89. The Morgan fingerprint density at radius 3 is 2.74 bits per heavy atom. The molecule has 1 unspecified atom stereocenters. The number of benzene rings is 2. The molecule has 2 aliphatic rings. The molecule has 1 atom stereocenters. The quantitative estimate of drug-likeness (QED) is 0.779. The van der Waals surface area contributed by atoms with Gasteiger partial charge in [0.25, 0.3) is 0 Å². The lowest BCUT2D eigenvalue weighted by Gasteiger charge is -2.36. The fourth-order valence-corrected chi connectivity index (χ4v) is 3.93. The van der Waals surface area contributed by atoms with Crippen LogP contribution in [0.25, 0.3) is 0 Å². The third-order valence-electron chi connectivity index (χ3n) is 5.61. The van der Waals surface area contributed by atoms with Crippen LogP contribution in [0.2, 0.25) is 0 Å². The third-order valence-corrected chi connectivity index (χ3v) is 5.61. The predicted octanol–water partition coefficient (Wildman–Crippen LogP) is 3.47. The van der Waals surface area contributed by atoms with Crippen LogP contribution in [0, 0.1) is 12.7 Å². The van der Waals surface area contributed by atoms with Gasteiger partial charge >= 0.3 is 5.97 Å². The summed E-state index contributed by atoms with van der Waals surface area (Å²) in [5.74, 6) is -1.29. The van der Waals surface area contributed by atoms with Crippen LogP contribution in [0.4, 0.5) is 10.1 Å². The first-order chi connectivity index (χ1) is 14.8. The van der Waals surface area contributed by atoms with E-state index in [1.54, 1.807) is 32.0 Å². The minimum Gasteiger partial charge on any atom is -0.489 e. The molecule has 1 N–H and O–H groups in total. The van der Waals surface area contributed by atoms with Crippen molar-refractivity contribution in [3.63, 3.8) is 0 Å². The highest BCUT2D eigenvalue weighted by Crippen LogP contribution is 2.39. The number of morpholine rings is 1. The number of carbonyl (C=O) groups excluding carboxylic acids is 1. The minimum absolute atomic E-state index is 0.00661. The molecule has 2 heterocycles. The molecule has 2 aliphatic heterocycles. The average Bonchev–Trinajstić information content (AvgIpc) is 2.74. The zero-order valence-electron chi connectivity index (χ0n) is 17.4. The fraction of sp³-hybridized carbons (Fsp3) is 0.391. The molecular weight excluding hydrogens is 405 g/mol. The van der Waals surface area contributed by atoms with Gasteiger partial charge in [0.1, 0.15) is 29.5 Å². The lowest BCUT2D eigenvalue weighted by Crippen LogP contribution is -2.45. The molecule has 0 spiro atoms. The monoisotopic (exact) mass is 429 g/mol. The van der Waals surface area contributed by atoms with Gasteiger partial charge in [0, 0.05) is 30.4 Å². The number of fused-ring (bicyclic) bond motifs is 1. The van der Waals surface area contributed by atoms with E-state index in [1.807, 2.05) is 4.90 Å². The molecule has 8 heteroatoms. The molecule has 0 amide bonds. The van der Waals surface area contributed by atoms with E-state index in [2.05, 4.69) is 0 Å². The summed E-state index contributed by atoms with van der Waals surface area (Å²) in [5.41, 5.74) is 0.00839. The maximum absolute atomic E-state index is 13.8. The summed E-state index contributed by atoms with van der Waals surface area (Å²) in [4.78, 5) is 26.8. The summed E-state index contributed by atoms with van der Waals surface area (Å²) in [6.45, 7) is 5.66. The molecule has 0 saturated carbocycles. The van der Waals surface area contributed by atoms with Crippen molar-refractivity contribution >= 4 is 17.4 Å². The van der Waals surface area contributed by atoms with Gasteiger partial charge in [0.2, 0.25) is 0 Å². The topological polar surface area (TPSA) is 85.3 Å². The highest BCUT2D eigenvalue weighted by Gasteiger charge is 2.40. The van der Waals surface area contributed by atoms with Crippen LogP contribution in [0.3, 0.4) is 0 Å². The first-order valence-corrected chi connectivity index (χ1v) is 10.1. The molecule has 0 bridgehead atoms. The SMILES string of the molecule is Cc1c(F)cccc1OCC1(C)CC(=O)c2c(cc(N3CCOCC3)cc2C(=O)O)O1. The second kappa shape index (κ2) is 8.19. The second-order valence-corrected chi connectivity index (χ2v) is 8.07. The smallest absolute Gasteiger partial charge is 0.336 e. The van der Waals surface area contributed by atoms with E-state index in [4.69, 9.17) is 14.2 Å². The van der Waals surface area contributed by atoms with Crippen LogP contribution in [0.1, 0.15) is 39.6 Å². The van der Waals surface area contributed by atoms with Crippen molar-refractivity contribution in [3.05, 3.63) is 52.8 Å².